The summed E-state index contributed by atoms with van der Waals surface area (Å²) in [5.74, 6) is 1.82. The number of hydrogen-bond donors (Lipinski definition) is 1. The summed E-state index contributed by atoms with van der Waals surface area (Å²) in [6, 6.07) is 19.0. The van der Waals surface area contributed by atoms with Crippen LogP contribution in [0.25, 0.3) is 16.6 Å². The lowest BCUT2D eigenvalue weighted by Crippen LogP contribution is -3.11. The lowest BCUT2D eigenvalue weighted by atomic mass is 9.90. The molecule has 5 rings (SSSR count). The van der Waals surface area contributed by atoms with Crippen LogP contribution in [-0.2, 0) is 13.0 Å². The number of aromatic nitrogens is 4. The minimum atomic E-state index is 0.803. The first-order chi connectivity index (χ1) is 13.4. The van der Waals surface area contributed by atoms with Gasteiger partial charge < -0.3 is 4.90 Å². The predicted octanol–water partition coefficient (Wildman–Crippen LogP) is 2.32. The number of quaternary nitrogens is 1. The Labute approximate surface area is 158 Å². The Morgan fingerprint density at radius 1 is 0.926 bits per heavy atom. The molecule has 0 bridgehead atoms. The van der Waals surface area contributed by atoms with E-state index in [1.54, 1.807) is 4.90 Å². The number of benzene rings is 2. The average molecular weight is 358 g/mol. The third-order valence-electron chi connectivity index (χ3n) is 5.81. The minimum absolute atomic E-state index is 0.803. The lowest BCUT2D eigenvalue weighted by molar-refractivity contribution is -0.920. The topological polar surface area (TPSA) is 47.5 Å². The predicted molar refractivity (Wildman–Crippen MR) is 106 cm³/mol. The monoisotopic (exact) mass is 358 g/mol. The van der Waals surface area contributed by atoms with E-state index >= 15 is 0 Å². The van der Waals surface area contributed by atoms with E-state index in [0.717, 1.165) is 34.8 Å². The number of nitrogens with zero attached hydrogens (tertiary/aromatic N) is 4. The van der Waals surface area contributed by atoms with Crippen LogP contribution in [0.1, 0.15) is 24.2 Å². The van der Waals surface area contributed by atoms with Gasteiger partial charge in [-0.15, -0.1) is 10.2 Å². The van der Waals surface area contributed by atoms with Crippen molar-refractivity contribution in [3.8, 4) is 0 Å². The van der Waals surface area contributed by atoms with Crippen molar-refractivity contribution in [3.05, 3.63) is 72.3 Å². The highest BCUT2D eigenvalue weighted by molar-refractivity contribution is 5.90. The van der Waals surface area contributed by atoms with Crippen molar-refractivity contribution in [3.63, 3.8) is 0 Å². The van der Waals surface area contributed by atoms with E-state index < -0.39 is 0 Å². The van der Waals surface area contributed by atoms with Crippen molar-refractivity contribution in [1.29, 1.82) is 0 Å². The van der Waals surface area contributed by atoms with Crippen molar-refractivity contribution in [2.24, 2.45) is 5.92 Å². The molecule has 1 N–H and O–H groups in total. The summed E-state index contributed by atoms with van der Waals surface area (Å²) in [4.78, 5) is 6.17. The van der Waals surface area contributed by atoms with E-state index in [0.29, 0.717) is 0 Å². The molecular weight excluding hydrogens is 334 g/mol. The minimum Gasteiger partial charge on any atom is -0.329 e. The van der Waals surface area contributed by atoms with Crippen molar-refractivity contribution >= 4 is 16.6 Å². The molecule has 0 aliphatic carbocycles. The molecule has 0 unspecified atom stereocenters. The zero-order chi connectivity index (χ0) is 18.1. The van der Waals surface area contributed by atoms with Gasteiger partial charge in [0.05, 0.1) is 18.6 Å². The molecule has 136 valence electrons. The van der Waals surface area contributed by atoms with Gasteiger partial charge in [0.2, 0.25) is 0 Å². The lowest BCUT2D eigenvalue weighted by Gasteiger charge is -2.28. The smallest absolute Gasteiger partial charge is 0.193 e. The summed E-state index contributed by atoms with van der Waals surface area (Å²) in [6.45, 7) is 3.32. The standard InChI is InChI=1S/C22H23N5/c1-2-6-17(7-3-1)14-18-10-12-26(13-11-18)15-21-24-25-22-19-8-4-5-9-20(19)23-16-27(21)22/h1-9,16,18H,10-15H2/p+1. The molecule has 1 aliphatic rings. The van der Waals surface area contributed by atoms with Gasteiger partial charge in [-0.3, -0.25) is 4.40 Å². The third kappa shape index (κ3) is 3.30. The number of piperidine rings is 1. The number of para-hydroxylation sites is 1. The molecule has 5 heteroatoms. The zero-order valence-electron chi connectivity index (χ0n) is 15.4. The maximum Gasteiger partial charge on any atom is 0.193 e. The third-order valence-corrected chi connectivity index (χ3v) is 5.81. The van der Waals surface area contributed by atoms with Crippen LogP contribution in [0, 0.1) is 5.92 Å². The van der Waals surface area contributed by atoms with Crippen molar-refractivity contribution in [1.82, 2.24) is 19.6 Å². The summed E-state index contributed by atoms with van der Waals surface area (Å²) in [6.07, 6.45) is 5.64. The molecule has 1 fully saturated rings. The van der Waals surface area contributed by atoms with Crippen LogP contribution in [-0.4, -0.2) is 32.7 Å². The summed E-state index contributed by atoms with van der Waals surface area (Å²) < 4.78 is 2.06. The number of rotatable bonds is 4. The van der Waals surface area contributed by atoms with Gasteiger partial charge in [-0.1, -0.05) is 42.5 Å². The highest BCUT2D eigenvalue weighted by Gasteiger charge is 2.24. The van der Waals surface area contributed by atoms with Crippen molar-refractivity contribution < 1.29 is 4.90 Å². The Balaban J connectivity index is 1.27. The summed E-state index contributed by atoms with van der Waals surface area (Å²) >= 11 is 0. The number of hydrogen-bond acceptors (Lipinski definition) is 3. The first kappa shape index (κ1) is 16.4. The van der Waals surface area contributed by atoms with E-state index in [9.17, 15) is 0 Å². The van der Waals surface area contributed by atoms with Crippen LogP contribution >= 0.6 is 0 Å². The Morgan fingerprint density at radius 2 is 1.70 bits per heavy atom. The van der Waals surface area contributed by atoms with Gasteiger partial charge in [-0.2, -0.15) is 0 Å². The van der Waals surface area contributed by atoms with Crippen LogP contribution in [0.2, 0.25) is 0 Å². The van der Waals surface area contributed by atoms with Gasteiger partial charge in [0.25, 0.3) is 0 Å². The normalized spacial score (nSPS) is 20.3. The SMILES string of the molecule is c1ccc(CC2CC[NH+](Cc3nnc4c5ccccc5ncn34)CC2)cc1. The fourth-order valence-electron chi connectivity index (χ4n) is 4.28. The van der Waals surface area contributed by atoms with E-state index in [1.807, 2.05) is 24.5 Å². The summed E-state index contributed by atoms with van der Waals surface area (Å²) in [5, 5.41) is 9.99. The first-order valence-electron chi connectivity index (χ1n) is 9.81. The highest BCUT2D eigenvalue weighted by Crippen LogP contribution is 2.18. The van der Waals surface area contributed by atoms with E-state index in [4.69, 9.17) is 0 Å². The fraction of sp³-hybridized carbons (Fsp3) is 0.318. The van der Waals surface area contributed by atoms with Crippen LogP contribution in [0.15, 0.2) is 60.9 Å². The second kappa shape index (κ2) is 7.08. The molecule has 2 aromatic heterocycles. The Kier molecular flexibility index (Phi) is 4.30. The molecule has 0 amide bonds. The molecule has 0 saturated carbocycles. The quantitative estimate of drug-likeness (QED) is 0.609. The van der Waals surface area contributed by atoms with E-state index in [2.05, 4.69) is 56.0 Å². The Morgan fingerprint density at radius 3 is 2.56 bits per heavy atom. The molecule has 4 aromatic rings. The molecular formula is C22H24N5+. The van der Waals surface area contributed by atoms with Gasteiger partial charge in [-0.05, 0) is 42.9 Å². The second-order valence-corrected chi connectivity index (χ2v) is 7.63. The Bertz CT molecular complexity index is 1050. The summed E-state index contributed by atoms with van der Waals surface area (Å²) in [5.41, 5.74) is 3.35. The molecule has 2 aromatic carbocycles. The van der Waals surface area contributed by atoms with Gasteiger partial charge in [0.1, 0.15) is 12.9 Å². The Hall–Kier alpha value is -2.79. The van der Waals surface area contributed by atoms with Crippen LogP contribution in [0.5, 0.6) is 0 Å². The molecule has 1 aliphatic heterocycles. The van der Waals surface area contributed by atoms with Crippen molar-refractivity contribution in [2.45, 2.75) is 25.8 Å². The number of nitrogens with one attached hydrogen (secondary N) is 1. The van der Waals surface area contributed by atoms with Gasteiger partial charge >= 0.3 is 0 Å². The summed E-state index contributed by atoms with van der Waals surface area (Å²) in [7, 11) is 0. The maximum atomic E-state index is 4.57. The molecule has 5 nitrogen and oxygen atoms in total. The van der Waals surface area contributed by atoms with Gasteiger partial charge in [0, 0.05) is 5.39 Å². The molecule has 27 heavy (non-hydrogen) atoms. The second-order valence-electron chi connectivity index (χ2n) is 7.63. The van der Waals surface area contributed by atoms with Crippen LogP contribution < -0.4 is 4.90 Å². The average Bonchev–Trinajstić information content (AvgIpc) is 3.13. The molecule has 0 atom stereocenters. The number of fused-ring (bicyclic) bond motifs is 3. The molecule has 1 saturated heterocycles. The van der Waals surface area contributed by atoms with Crippen LogP contribution in [0.3, 0.4) is 0 Å². The first-order valence-corrected chi connectivity index (χ1v) is 9.81. The largest absolute Gasteiger partial charge is 0.329 e. The van der Waals surface area contributed by atoms with Gasteiger partial charge in [0.15, 0.2) is 11.5 Å². The van der Waals surface area contributed by atoms with Crippen LogP contribution in [0.4, 0.5) is 0 Å². The molecule has 0 spiro atoms. The maximum absolute atomic E-state index is 4.57. The zero-order valence-corrected chi connectivity index (χ0v) is 15.4. The molecule has 0 radical (unpaired) electrons. The van der Waals surface area contributed by atoms with Gasteiger partial charge in [-0.25, -0.2) is 4.98 Å². The van der Waals surface area contributed by atoms with E-state index in [1.165, 1.54) is 37.9 Å². The highest BCUT2D eigenvalue weighted by atomic mass is 15.3. The molecule has 3 heterocycles. The fourth-order valence-corrected chi connectivity index (χ4v) is 4.28. The van der Waals surface area contributed by atoms with Crippen molar-refractivity contribution in [2.75, 3.05) is 13.1 Å². The van der Waals surface area contributed by atoms with E-state index in [-0.39, 0.29) is 0 Å². The number of likely N-dealkylation sites (tertiary alicyclic amines) is 1.